The Hall–Kier alpha value is -6.28. The zero-order chi connectivity index (χ0) is 34.1. The van der Waals surface area contributed by atoms with Crippen molar-refractivity contribution < 1.29 is 19.1 Å². The first-order valence-corrected chi connectivity index (χ1v) is 15.9. The molecular weight excluding hydrogens is 646 g/mol. The minimum Gasteiger partial charge on any atom is -0.497 e. The van der Waals surface area contributed by atoms with Crippen molar-refractivity contribution in [3.8, 4) is 5.75 Å². The Balaban J connectivity index is 1.40. The first kappa shape index (κ1) is 31.3. The molecule has 2 atom stereocenters. The number of rotatable bonds is 9. The lowest BCUT2D eigenvalue weighted by atomic mass is 10.0. The van der Waals surface area contributed by atoms with E-state index < -0.39 is 26.8 Å². The molecule has 1 fully saturated rings. The van der Waals surface area contributed by atoms with Crippen molar-refractivity contribution >= 4 is 63.4 Å². The Morgan fingerprint density at radius 1 is 0.918 bits per heavy atom. The molecule has 0 spiro atoms. The van der Waals surface area contributed by atoms with Gasteiger partial charge < -0.3 is 9.26 Å². The van der Waals surface area contributed by atoms with Crippen molar-refractivity contribution in [3.05, 3.63) is 146 Å². The number of aliphatic imine (C=N–C) groups is 1. The van der Waals surface area contributed by atoms with E-state index in [1.165, 1.54) is 23.9 Å². The van der Waals surface area contributed by atoms with E-state index in [9.17, 15) is 20.2 Å². The maximum atomic E-state index is 12.3. The van der Waals surface area contributed by atoms with Crippen LogP contribution in [0.25, 0.3) is 12.2 Å². The highest BCUT2D eigenvalue weighted by atomic mass is 32.2. The normalized spacial score (nSPS) is 17.8. The van der Waals surface area contributed by atoms with E-state index >= 15 is 0 Å². The maximum Gasteiger partial charge on any atom is 0.301 e. The Morgan fingerprint density at radius 2 is 1.63 bits per heavy atom. The minimum absolute atomic E-state index is 0.120. The predicted molar refractivity (Wildman–Crippen MR) is 189 cm³/mol. The molecule has 0 bridgehead atoms. The zero-order valence-electron chi connectivity index (χ0n) is 26.1. The highest BCUT2D eigenvalue weighted by molar-refractivity contribution is 8.16. The fourth-order valence-corrected chi connectivity index (χ4v) is 7.07. The Morgan fingerprint density at radius 3 is 2.31 bits per heavy atom. The van der Waals surface area contributed by atoms with E-state index in [1.807, 2.05) is 109 Å². The van der Waals surface area contributed by atoms with Gasteiger partial charge in [0.15, 0.2) is 16.8 Å². The molecule has 5 aromatic rings. The van der Waals surface area contributed by atoms with Crippen LogP contribution < -0.4 is 14.6 Å². The molecule has 3 heterocycles. The third-order valence-electron chi connectivity index (χ3n) is 8.03. The number of aromatic nitrogens is 1. The molecule has 1 saturated heterocycles. The lowest BCUT2D eigenvalue weighted by Gasteiger charge is -2.26. The van der Waals surface area contributed by atoms with E-state index in [4.69, 9.17) is 19.4 Å². The standard InChI is InChI=1S/C35H27N7O6S/c1-22-31(30(48-38-22)20-15-23-13-17-27(47-2)18-14-23)39-34-33(49-35(39)36-25-11-7-4-8-12-25)32(24-9-5-3-6-10-24)40(37-34)28-19-16-26(41(43)44)21-29(28)42(45)46/h3-21,32-33H,1-2H3/b20-15+,36-35?/t32-,33-/m1/s1. The van der Waals surface area contributed by atoms with E-state index in [0.717, 1.165) is 28.6 Å². The molecule has 0 radical (unpaired) electrons. The van der Waals surface area contributed by atoms with E-state index in [0.29, 0.717) is 28.1 Å². The van der Waals surface area contributed by atoms with Gasteiger partial charge in [-0.05, 0) is 54.5 Å². The van der Waals surface area contributed by atoms with Gasteiger partial charge in [-0.3, -0.25) is 25.1 Å². The lowest BCUT2D eigenvalue weighted by Crippen LogP contribution is -2.32. The molecule has 7 rings (SSSR count). The summed E-state index contributed by atoms with van der Waals surface area (Å²) in [7, 11) is 1.61. The summed E-state index contributed by atoms with van der Waals surface area (Å²) in [6, 6.07) is 29.6. The summed E-state index contributed by atoms with van der Waals surface area (Å²) in [6.07, 6.45) is 3.71. The SMILES string of the molecule is COc1ccc(/C=C/c2onc(C)c2N2C(=Nc3ccccc3)S[C@H]3C2=NN(c2ccc([N+](=O)[O-])cc2[N+](=O)[O-])[C@@H]3c2ccccc2)cc1. The van der Waals surface area contributed by atoms with Crippen LogP contribution >= 0.6 is 11.8 Å². The van der Waals surface area contributed by atoms with Crippen LogP contribution in [0.15, 0.2) is 118 Å². The summed E-state index contributed by atoms with van der Waals surface area (Å²) < 4.78 is 11.1. The van der Waals surface area contributed by atoms with Gasteiger partial charge >= 0.3 is 5.69 Å². The third-order valence-corrected chi connectivity index (χ3v) is 9.23. The summed E-state index contributed by atoms with van der Waals surface area (Å²) in [5.41, 5.74) is 2.96. The van der Waals surface area contributed by atoms with Crippen LogP contribution in [0.1, 0.15) is 28.6 Å². The number of non-ortho nitro benzene ring substituents is 1. The number of fused-ring (bicyclic) bond motifs is 1. The van der Waals surface area contributed by atoms with Gasteiger partial charge in [0.2, 0.25) is 0 Å². The number of para-hydroxylation sites is 1. The molecule has 0 unspecified atom stereocenters. The molecule has 1 aromatic heterocycles. The van der Waals surface area contributed by atoms with Crippen LogP contribution in [0.4, 0.5) is 28.4 Å². The molecule has 0 saturated carbocycles. The highest BCUT2D eigenvalue weighted by Gasteiger charge is 2.51. The highest BCUT2D eigenvalue weighted by Crippen LogP contribution is 2.50. The number of hydrazone groups is 1. The number of hydrogen-bond donors (Lipinski definition) is 0. The molecule has 4 aromatic carbocycles. The molecule has 2 aliphatic rings. The average Bonchev–Trinajstić information content (AvgIpc) is 3.78. The van der Waals surface area contributed by atoms with Crippen LogP contribution in [0.3, 0.4) is 0 Å². The molecule has 0 amide bonds. The van der Waals surface area contributed by atoms with Gasteiger partial charge in [0.1, 0.15) is 22.8 Å². The monoisotopic (exact) mass is 673 g/mol. The Bertz CT molecular complexity index is 2140. The van der Waals surface area contributed by atoms with Crippen LogP contribution in [-0.4, -0.2) is 38.4 Å². The Labute approximate surface area is 284 Å². The number of nitro benzene ring substituents is 2. The summed E-state index contributed by atoms with van der Waals surface area (Å²) in [4.78, 5) is 29.5. The fraction of sp³-hybridized carbons (Fsp3) is 0.114. The molecule has 49 heavy (non-hydrogen) atoms. The van der Waals surface area contributed by atoms with Crippen molar-refractivity contribution in [2.75, 3.05) is 17.0 Å². The minimum atomic E-state index is -0.657. The summed E-state index contributed by atoms with van der Waals surface area (Å²) >= 11 is 1.46. The van der Waals surface area contributed by atoms with Crippen molar-refractivity contribution in [1.29, 1.82) is 0 Å². The predicted octanol–water partition coefficient (Wildman–Crippen LogP) is 8.16. The summed E-state index contributed by atoms with van der Waals surface area (Å²) in [5, 5.41) is 35.0. The van der Waals surface area contributed by atoms with Crippen molar-refractivity contribution in [1.82, 2.24) is 5.16 Å². The smallest absolute Gasteiger partial charge is 0.301 e. The quantitative estimate of drug-likeness (QED) is 0.111. The number of nitrogens with zero attached hydrogens (tertiary/aromatic N) is 7. The number of anilines is 2. The third kappa shape index (κ3) is 6.00. The van der Waals surface area contributed by atoms with Crippen LogP contribution in [-0.2, 0) is 0 Å². The molecule has 13 nitrogen and oxygen atoms in total. The molecule has 0 N–H and O–H groups in total. The van der Waals surface area contributed by atoms with Gasteiger partial charge in [0.05, 0.1) is 40.0 Å². The van der Waals surface area contributed by atoms with Gasteiger partial charge in [-0.25, -0.2) is 10.0 Å². The second kappa shape index (κ2) is 13.1. The van der Waals surface area contributed by atoms with Crippen LogP contribution in [0.2, 0.25) is 0 Å². The zero-order valence-corrected chi connectivity index (χ0v) is 26.9. The molecule has 0 aliphatic carbocycles. The number of aryl methyl sites for hydroxylation is 1. The van der Waals surface area contributed by atoms with E-state index in [2.05, 4.69) is 5.16 Å². The van der Waals surface area contributed by atoms with Gasteiger partial charge in [0, 0.05) is 6.07 Å². The second-order valence-corrected chi connectivity index (χ2v) is 12.1. The van der Waals surface area contributed by atoms with Crippen molar-refractivity contribution in [2.24, 2.45) is 10.1 Å². The first-order valence-electron chi connectivity index (χ1n) is 15.1. The topological polar surface area (TPSA) is 153 Å². The molecule has 244 valence electrons. The first-order chi connectivity index (χ1) is 23.8. The average molecular weight is 674 g/mol. The van der Waals surface area contributed by atoms with Crippen LogP contribution in [0, 0.1) is 27.2 Å². The largest absolute Gasteiger partial charge is 0.497 e. The molecule has 2 aliphatic heterocycles. The lowest BCUT2D eigenvalue weighted by molar-refractivity contribution is -0.393. The number of benzene rings is 4. The van der Waals surface area contributed by atoms with E-state index in [-0.39, 0.29) is 11.4 Å². The van der Waals surface area contributed by atoms with E-state index in [1.54, 1.807) is 12.1 Å². The summed E-state index contributed by atoms with van der Waals surface area (Å²) in [5.74, 6) is 1.74. The van der Waals surface area contributed by atoms with Crippen LogP contribution in [0.5, 0.6) is 5.75 Å². The van der Waals surface area contributed by atoms with Gasteiger partial charge in [-0.1, -0.05) is 83.7 Å². The number of methoxy groups -OCH3 is 1. The van der Waals surface area contributed by atoms with Gasteiger partial charge in [-0.15, -0.1) is 0 Å². The molecule has 14 heteroatoms. The van der Waals surface area contributed by atoms with Crippen molar-refractivity contribution in [3.63, 3.8) is 0 Å². The van der Waals surface area contributed by atoms with Gasteiger partial charge in [-0.2, -0.15) is 5.10 Å². The second-order valence-electron chi connectivity index (χ2n) is 11.0. The number of hydrogen-bond acceptors (Lipinski definition) is 11. The number of nitro groups is 2. The fourth-order valence-electron chi connectivity index (χ4n) is 5.74. The Kier molecular flexibility index (Phi) is 8.36. The van der Waals surface area contributed by atoms with Crippen molar-refractivity contribution in [2.45, 2.75) is 18.2 Å². The van der Waals surface area contributed by atoms with Gasteiger partial charge in [0.25, 0.3) is 5.69 Å². The summed E-state index contributed by atoms with van der Waals surface area (Å²) in [6.45, 7) is 1.82. The maximum absolute atomic E-state index is 12.3. The number of ether oxygens (including phenoxy) is 1. The molecular formula is C35H27N7O6S. The number of thioether (sulfide) groups is 1. The number of amidine groups is 2.